The van der Waals surface area contributed by atoms with E-state index < -0.39 is 0 Å². The molecule has 2 bridgehead atoms. The summed E-state index contributed by atoms with van der Waals surface area (Å²) in [5.74, 6) is 0.888. The Morgan fingerprint density at radius 2 is 2.18 bits per heavy atom. The number of hydrogen-bond acceptors (Lipinski definition) is 5. The smallest absolute Gasteiger partial charge is 0.271 e. The number of carbonyl (C=O) groups excluding carboxylic acids is 2. The van der Waals surface area contributed by atoms with Gasteiger partial charge in [0.1, 0.15) is 0 Å². The van der Waals surface area contributed by atoms with Gasteiger partial charge in [0.05, 0.1) is 6.10 Å². The van der Waals surface area contributed by atoms with Gasteiger partial charge in [-0.2, -0.15) is 5.10 Å². The number of ether oxygens (including phenoxy) is 1. The maximum Gasteiger partial charge on any atom is 0.271 e. The summed E-state index contributed by atoms with van der Waals surface area (Å²) in [6, 6.07) is 3.56. The molecule has 1 aromatic heterocycles. The van der Waals surface area contributed by atoms with E-state index in [1.165, 1.54) is 6.42 Å². The van der Waals surface area contributed by atoms with Crippen molar-refractivity contribution < 1.29 is 14.3 Å². The van der Waals surface area contributed by atoms with Gasteiger partial charge in [0.25, 0.3) is 5.91 Å². The van der Waals surface area contributed by atoms with Crippen molar-refractivity contribution in [3.63, 3.8) is 0 Å². The number of carbonyl (C=O) groups is 2. The molecule has 1 aliphatic heterocycles. The second kappa shape index (κ2) is 7.10. The third-order valence-electron chi connectivity index (χ3n) is 7.49. The van der Waals surface area contributed by atoms with Crippen LogP contribution in [0, 0.1) is 22.7 Å². The predicted molar refractivity (Wildman–Crippen MR) is 103 cm³/mol. The lowest BCUT2D eigenvalue weighted by atomic mass is 9.59. The van der Waals surface area contributed by atoms with Crippen LogP contribution in [0.5, 0.6) is 0 Å². The molecule has 0 aromatic carbocycles. The molecule has 3 fully saturated rings. The van der Waals surface area contributed by atoms with Crippen molar-refractivity contribution in [1.29, 1.82) is 0 Å². The molecule has 7 heteroatoms. The second-order valence-corrected chi connectivity index (χ2v) is 9.24. The van der Waals surface area contributed by atoms with Gasteiger partial charge in [-0.25, -0.2) is 0 Å². The molecule has 0 radical (unpaired) electrons. The van der Waals surface area contributed by atoms with Gasteiger partial charge in [0.2, 0.25) is 5.91 Å². The highest BCUT2D eigenvalue weighted by molar-refractivity contribution is 5.91. The standard InChI is InChI=1S/C21H30N4O3/c1-13(26)24-19-20(2,3)14-11-15-17(28-10-7-21(15,19)12-14)6-9-22-18(27)16-5-4-8-23-25-16/h4-5,8,14-15,17,19H,6-7,9-12H2,1-3H3,(H,22,27)(H,24,26)/t14-,15-,17-,19+,21?/m1/s1. The van der Waals surface area contributed by atoms with E-state index in [4.69, 9.17) is 4.74 Å². The van der Waals surface area contributed by atoms with Crippen LogP contribution in [0.3, 0.4) is 0 Å². The van der Waals surface area contributed by atoms with E-state index >= 15 is 0 Å². The number of nitrogens with one attached hydrogen (secondary N) is 2. The Hall–Kier alpha value is -2.02. The first-order chi connectivity index (χ1) is 13.3. The molecule has 2 aliphatic carbocycles. The second-order valence-electron chi connectivity index (χ2n) is 9.24. The first-order valence-electron chi connectivity index (χ1n) is 10.3. The zero-order chi connectivity index (χ0) is 19.9. The normalized spacial score (nSPS) is 35.2. The summed E-state index contributed by atoms with van der Waals surface area (Å²) in [4.78, 5) is 24.1. The van der Waals surface area contributed by atoms with Gasteiger partial charge in [-0.15, -0.1) is 5.10 Å². The molecule has 1 aromatic rings. The molecule has 2 saturated carbocycles. The zero-order valence-electron chi connectivity index (χ0n) is 16.9. The minimum absolute atomic E-state index is 0.0537. The van der Waals surface area contributed by atoms with E-state index in [2.05, 4.69) is 34.7 Å². The van der Waals surface area contributed by atoms with Gasteiger partial charge in [0.15, 0.2) is 5.69 Å². The van der Waals surface area contributed by atoms with Crippen molar-refractivity contribution in [1.82, 2.24) is 20.8 Å². The molecule has 2 N–H and O–H groups in total. The molecular formula is C21H30N4O3. The van der Waals surface area contributed by atoms with E-state index in [0.717, 1.165) is 25.9 Å². The minimum atomic E-state index is -0.205. The average Bonchev–Trinajstić information content (AvgIpc) is 3.16. The molecule has 7 nitrogen and oxygen atoms in total. The molecular weight excluding hydrogens is 356 g/mol. The summed E-state index contributed by atoms with van der Waals surface area (Å²) < 4.78 is 6.16. The number of hydrogen-bond donors (Lipinski definition) is 2. The maximum absolute atomic E-state index is 12.2. The van der Waals surface area contributed by atoms with Crippen molar-refractivity contribution in [3.8, 4) is 0 Å². The number of amides is 2. The summed E-state index contributed by atoms with van der Waals surface area (Å²) in [6.07, 6.45) is 5.76. The molecule has 1 unspecified atom stereocenters. The van der Waals surface area contributed by atoms with Crippen molar-refractivity contribution >= 4 is 11.8 Å². The van der Waals surface area contributed by atoms with E-state index in [1.807, 2.05) is 0 Å². The fourth-order valence-corrected chi connectivity index (χ4v) is 6.24. The maximum atomic E-state index is 12.2. The lowest BCUT2D eigenvalue weighted by molar-refractivity contribution is -0.135. The third kappa shape index (κ3) is 3.09. The summed E-state index contributed by atoms with van der Waals surface area (Å²) in [5.41, 5.74) is 0.568. The molecule has 4 rings (SSSR count). The van der Waals surface area contributed by atoms with Gasteiger partial charge in [-0.1, -0.05) is 13.8 Å². The van der Waals surface area contributed by atoms with Gasteiger partial charge in [-0.05, 0) is 60.5 Å². The number of aromatic nitrogens is 2. The van der Waals surface area contributed by atoms with Gasteiger partial charge < -0.3 is 15.4 Å². The summed E-state index contributed by atoms with van der Waals surface area (Å²) in [6.45, 7) is 7.49. The van der Waals surface area contributed by atoms with E-state index in [9.17, 15) is 9.59 Å². The van der Waals surface area contributed by atoms with Crippen LogP contribution in [0.15, 0.2) is 18.3 Å². The molecule has 28 heavy (non-hydrogen) atoms. The molecule has 3 aliphatic rings. The van der Waals surface area contributed by atoms with E-state index in [-0.39, 0.29) is 34.8 Å². The number of nitrogens with zero attached hydrogens (tertiary/aromatic N) is 2. The van der Waals surface area contributed by atoms with Crippen LogP contribution in [0.1, 0.15) is 56.9 Å². The molecule has 2 heterocycles. The Bertz CT molecular complexity index is 753. The Balaban J connectivity index is 1.42. The van der Waals surface area contributed by atoms with Crippen LogP contribution in [-0.4, -0.2) is 47.3 Å². The number of rotatable bonds is 5. The first kappa shape index (κ1) is 19.3. The van der Waals surface area contributed by atoms with E-state index in [0.29, 0.717) is 24.1 Å². The lowest BCUT2D eigenvalue weighted by Crippen LogP contribution is -2.60. The monoisotopic (exact) mass is 386 g/mol. The molecule has 2 amide bonds. The third-order valence-corrected chi connectivity index (χ3v) is 7.49. The molecule has 1 saturated heterocycles. The van der Waals surface area contributed by atoms with Crippen LogP contribution in [0.4, 0.5) is 0 Å². The van der Waals surface area contributed by atoms with Crippen LogP contribution >= 0.6 is 0 Å². The van der Waals surface area contributed by atoms with Gasteiger partial charge in [-0.3, -0.25) is 9.59 Å². The minimum Gasteiger partial charge on any atom is -0.378 e. The van der Waals surface area contributed by atoms with Gasteiger partial charge >= 0.3 is 0 Å². The van der Waals surface area contributed by atoms with Crippen molar-refractivity contribution in [2.24, 2.45) is 22.7 Å². The lowest BCUT2D eigenvalue weighted by Gasteiger charge is -2.53. The SMILES string of the molecule is CC(=O)N[C@H]1C(C)(C)[C@@H]2C[C@@H]3[C@@H](CCNC(=O)c4cccnn4)OCCC31C2. The quantitative estimate of drug-likeness (QED) is 0.807. The highest BCUT2D eigenvalue weighted by atomic mass is 16.5. The highest BCUT2D eigenvalue weighted by Gasteiger charge is 2.68. The Kier molecular flexibility index (Phi) is 4.89. The summed E-state index contributed by atoms with van der Waals surface area (Å²) in [5, 5.41) is 13.8. The molecule has 5 atom stereocenters. The molecule has 152 valence electrons. The van der Waals surface area contributed by atoms with Crippen LogP contribution in [0.25, 0.3) is 0 Å². The van der Waals surface area contributed by atoms with Crippen LogP contribution in [0.2, 0.25) is 0 Å². The summed E-state index contributed by atoms with van der Waals surface area (Å²) in [7, 11) is 0. The van der Waals surface area contributed by atoms with E-state index in [1.54, 1.807) is 25.3 Å². The molecule has 1 spiro atoms. The highest BCUT2D eigenvalue weighted by Crippen LogP contribution is 2.68. The van der Waals surface area contributed by atoms with Gasteiger partial charge in [0, 0.05) is 32.3 Å². The Morgan fingerprint density at radius 1 is 1.36 bits per heavy atom. The average molecular weight is 386 g/mol. The van der Waals surface area contributed by atoms with Crippen molar-refractivity contribution in [2.45, 2.75) is 58.6 Å². The largest absolute Gasteiger partial charge is 0.378 e. The predicted octanol–water partition coefficient (Wildman–Crippen LogP) is 1.94. The fraction of sp³-hybridized carbons (Fsp3) is 0.714. The topological polar surface area (TPSA) is 93.2 Å². The first-order valence-corrected chi connectivity index (χ1v) is 10.3. The van der Waals surface area contributed by atoms with Crippen LogP contribution < -0.4 is 10.6 Å². The van der Waals surface area contributed by atoms with Crippen molar-refractivity contribution in [2.75, 3.05) is 13.2 Å². The fourth-order valence-electron chi connectivity index (χ4n) is 6.24. The zero-order valence-corrected chi connectivity index (χ0v) is 16.9. The van der Waals surface area contributed by atoms with Crippen molar-refractivity contribution in [3.05, 3.63) is 24.0 Å². The Labute approximate surface area is 166 Å². The van der Waals surface area contributed by atoms with Crippen LogP contribution in [-0.2, 0) is 9.53 Å². The Morgan fingerprint density at radius 3 is 2.89 bits per heavy atom. The summed E-state index contributed by atoms with van der Waals surface area (Å²) >= 11 is 0. The number of fused-ring (bicyclic) bond motifs is 1.